The van der Waals surface area contributed by atoms with Gasteiger partial charge >= 0.3 is 5.69 Å². The number of nitrogens with two attached hydrogens (primary N) is 1. The van der Waals surface area contributed by atoms with Gasteiger partial charge in [-0.05, 0) is 6.92 Å². The topological polar surface area (TPSA) is 127 Å². The standard InChI is InChI=1S/C7H11N5O3/c1-4(3-13)10-6-5(12(14)15)2-9-7(8)11-6/h2,4,13H,3H2,1H3,(H3,8,9,10,11). The summed E-state index contributed by atoms with van der Waals surface area (Å²) in [5, 5.41) is 22.0. The Kier molecular flexibility index (Phi) is 3.34. The number of nitro groups is 1. The van der Waals surface area contributed by atoms with Crippen LogP contribution in [0.3, 0.4) is 0 Å². The summed E-state index contributed by atoms with van der Waals surface area (Å²) in [7, 11) is 0. The highest BCUT2D eigenvalue weighted by Gasteiger charge is 2.17. The average molecular weight is 213 g/mol. The normalized spacial score (nSPS) is 12.1. The lowest BCUT2D eigenvalue weighted by Gasteiger charge is -2.11. The molecule has 1 rings (SSSR count). The van der Waals surface area contributed by atoms with Crippen molar-refractivity contribution in [1.29, 1.82) is 0 Å². The van der Waals surface area contributed by atoms with Crippen molar-refractivity contribution in [2.75, 3.05) is 17.7 Å². The van der Waals surface area contributed by atoms with Gasteiger partial charge in [-0.25, -0.2) is 4.98 Å². The van der Waals surface area contributed by atoms with E-state index in [1.807, 2.05) is 0 Å². The maximum atomic E-state index is 10.6. The van der Waals surface area contributed by atoms with E-state index in [9.17, 15) is 10.1 Å². The monoisotopic (exact) mass is 213 g/mol. The smallest absolute Gasteiger partial charge is 0.329 e. The maximum Gasteiger partial charge on any atom is 0.329 e. The zero-order chi connectivity index (χ0) is 11.4. The maximum absolute atomic E-state index is 10.6. The Hall–Kier alpha value is -1.96. The molecule has 1 aromatic heterocycles. The van der Waals surface area contributed by atoms with E-state index in [1.54, 1.807) is 6.92 Å². The van der Waals surface area contributed by atoms with Crippen molar-refractivity contribution < 1.29 is 10.0 Å². The fraction of sp³-hybridized carbons (Fsp3) is 0.429. The molecule has 4 N–H and O–H groups in total. The molecule has 0 saturated heterocycles. The summed E-state index contributed by atoms with van der Waals surface area (Å²) in [6.45, 7) is 1.49. The minimum absolute atomic E-state index is 0.00838. The van der Waals surface area contributed by atoms with Gasteiger partial charge in [-0.15, -0.1) is 0 Å². The van der Waals surface area contributed by atoms with E-state index in [0.717, 1.165) is 6.20 Å². The van der Waals surface area contributed by atoms with Crippen LogP contribution in [-0.2, 0) is 0 Å². The quantitative estimate of drug-likeness (QED) is 0.465. The molecular formula is C7H11N5O3. The van der Waals surface area contributed by atoms with Crippen molar-refractivity contribution in [1.82, 2.24) is 9.97 Å². The number of hydrogen-bond acceptors (Lipinski definition) is 7. The molecule has 1 heterocycles. The van der Waals surface area contributed by atoms with Gasteiger partial charge in [-0.1, -0.05) is 0 Å². The number of nitrogens with zero attached hydrogens (tertiary/aromatic N) is 3. The Morgan fingerprint density at radius 2 is 2.47 bits per heavy atom. The first kappa shape index (κ1) is 11.1. The van der Waals surface area contributed by atoms with E-state index in [4.69, 9.17) is 10.8 Å². The Labute approximate surface area is 85.3 Å². The van der Waals surface area contributed by atoms with Crippen LogP contribution in [0.4, 0.5) is 17.5 Å². The zero-order valence-electron chi connectivity index (χ0n) is 8.04. The fourth-order valence-electron chi connectivity index (χ4n) is 0.908. The molecule has 1 aromatic rings. The third-order valence-corrected chi connectivity index (χ3v) is 1.64. The van der Waals surface area contributed by atoms with Crippen LogP contribution in [0.5, 0.6) is 0 Å². The summed E-state index contributed by atoms with van der Waals surface area (Å²) in [6.07, 6.45) is 1.02. The second-order valence-corrected chi connectivity index (χ2v) is 2.95. The number of aliphatic hydroxyl groups excluding tert-OH is 1. The molecule has 15 heavy (non-hydrogen) atoms. The first-order valence-corrected chi connectivity index (χ1v) is 4.19. The minimum Gasteiger partial charge on any atom is -0.394 e. The van der Waals surface area contributed by atoms with E-state index in [2.05, 4.69) is 15.3 Å². The number of aromatic nitrogens is 2. The summed E-state index contributed by atoms with van der Waals surface area (Å²) >= 11 is 0. The molecule has 0 aliphatic heterocycles. The van der Waals surface area contributed by atoms with Crippen LogP contribution < -0.4 is 11.1 Å². The number of hydrogen-bond donors (Lipinski definition) is 3. The lowest BCUT2D eigenvalue weighted by Crippen LogP contribution is -2.21. The molecule has 0 fully saturated rings. The van der Waals surface area contributed by atoms with Crippen molar-refractivity contribution >= 4 is 17.5 Å². The van der Waals surface area contributed by atoms with Crippen LogP contribution in [0.1, 0.15) is 6.92 Å². The summed E-state index contributed by atoms with van der Waals surface area (Å²) in [6, 6.07) is -0.349. The van der Waals surface area contributed by atoms with Crippen LogP contribution in [0.25, 0.3) is 0 Å². The van der Waals surface area contributed by atoms with E-state index in [-0.39, 0.29) is 30.1 Å². The molecule has 8 heteroatoms. The van der Waals surface area contributed by atoms with Crippen molar-refractivity contribution in [3.63, 3.8) is 0 Å². The molecule has 0 saturated carbocycles. The summed E-state index contributed by atoms with van der Waals surface area (Å²) in [5.74, 6) is -0.0534. The van der Waals surface area contributed by atoms with Gasteiger partial charge in [0.25, 0.3) is 0 Å². The lowest BCUT2D eigenvalue weighted by molar-refractivity contribution is -0.384. The van der Waals surface area contributed by atoms with Crippen LogP contribution in [0.2, 0.25) is 0 Å². The van der Waals surface area contributed by atoms with Gasteiger partial charge in [-0.3, -0.25) is 10.1 Å². The number of aliphatic hydroxyl groups is 1. The second-order valence-electron chi connectivity index (χ2n) is 2.95. The Balaban J connectivity index is 3.02. The van der Waals surface area contributed by atoms with Gasteiger partial charge in [0.1, 0.15) is 6.20 Å². The van der Waals surface area contributed by atoms with Crippen molar-refractivity contribution in [3.8, 4) is 0 Å². The average Bonchev–Trinajstić information content (AvgIpc) is 2.17. The largest absolute Gasteiger partial charge is 0.394 e. The third-order valence-electron chi connectivity index (χ3n) is 1.64. The van der Waals surface area contributed by atoms with Crippen LogP contribution >= 0.6 is 0 Å². The number of nitrogen functional groups attached to an aromatic ring is 1. The Morgan fingerprint density at radius 1 is 1.80 bits per heavy atom. The predicted octanol–water partition coefficient (Wildman–Crippen LogP) is -0.240. The first-order chi connectivity index (χ1) is 7.04. The molecule has 82 valence electrons. The molecule has 0 bridgehead atoms. The van der Waals surface area contributed by atoms with Crippen LogP contribution in [0.15, 0.2) is 6.20 Å². The van der Waals surface area contributed by atoms with E-state index in [0.29, 0.717) is 0 Å². The Bertz CT molecular complexity index is 370. The minimum atomic E-state index is -0.619. The van der Waals surface area contributed by atoms with Crippen molar-refractivity contribution in [3.05, 3.63) is 16.3 Å². The van der Waals surface area contributed by atoms with Crippen molar-refractivity contribution in [2.45, 2.75) is 13.0 Å². The molecule has 0 aromatic carbocycles. The third kappa shape index (κ3) is 2.74. The predicted molar refractivity (Wildman–Crippen MR) is 53.3 cm³/mol. The highest BCUT2D eigenvalue weighted by molar-refractivity contribution is 5.56. The SMILES string of the molecule is CC(CO)Nc1nc(N)ncc1[N+](=O)[O-]. The van der Waals surface area contributed by atoms with Gasteiger partial charge in [-0.2, -0.15) is 4.98 Å². The van der Waals surface area contributed by atoms with E-state index < -0.39 is 4.92 Å². The van der Waals surface area contributed by atoms with E-state index in [1.165, 1.54) is 0 Å². The molecule has 1 atom stereocenters. The van der Waals surface area contributed by atoms with Gasteiger partial charge < -0.3 is 16.2 Å². The number of anilines is 2. The number of rotatable bonds is 4. The molecule has 0 spiro atoms. The lowest BCUT2D eigenvalue weighted by atomic mass is 10.3. The van der Waals surface area contributed by atoms with Crippen LogP contribution in [-0.4, -0.2) is 32.6 Å². The zero-order valence-corrected chi connectivity index (χ0v) is 8.04. The Morgan fingerprint density at radius 3 is 3.00 bits per heavy atom. The fourth-order valence-corrected chi connectivity index (χ4v) is 0.908. The molecule has 0 aliphatic rings. The highest BCUT2D eigenvalue weighted by atomic mass is 16.6. The molecule has 0 amide bonds. The second kappa shape index (κ2) is 4.51. The molecule has 8 nitrogen and oxygen atoms in total. The van der Waals surface area contributed by atoms with Gasteiger partial charge in [0.05, 0.1) is 11.5 Å². The summed E-state index contributed by atoms with van der Waals surface area (Å²) < 4.78 is 0. The number of nitrogens with one attached hydrogen (secondary N) is 1. The van der Waals surface area contributed by atoms with Crippen molar-refractivity contribution in [2.24, 2.45) is 0 Å². The van der Waals surface area contributed by atoms with Gasteiger partial charge in [0.2, 0.25) is 11.8 Å². The first-order valence-electron chi connectivity index (χ1n) is 4.19. The highest BCUT2D eigenvalue weighted by Crippen LogP contribution is 2.21. The van der Waals surface area contributed by atoms with E-state index >= 15 is 0 Å². The summed E-state index contributed by atoms with van der Waals surface area (Å²) in [5.41, 5.74) is 5.02. The van der Waals surface area contributed by atoms with Gasteiger partial charge in [0, 0.05) is 6.04 Å². The molecular weight excluding hydrogens is 202 g/mol. The summed E-state index contributed by atoms with van der Waals surface area (Å²) in [4.78, 5) is 17.2. The molecule has 1 unspecified atom stereocenters. The molecule has 0 radical (unpaired) electrons. The van der Waals surface area contributed by atoms with Gasteiger partial charge in [0.15, 0.2) is 0 Å². The van der Waals surface area contributed by atoms with Crippen LogP contribution in [0, 0.1) is 10.1 Å². The molecule has 0 aliphatic carbocycles.